The monoisotopic (exact) mass is 342 g/mol. The van der Waals surface area contributed by atoms with Gasteiger partial charge in [-0.25, -0.2) is 13.6 Å². The number of aromatic carboxylic acids is 1. The van der Waals surface area contributed by atoms with Crippen LogP contribution in [0, 0.1) is 11.6 Å². The molecule has 20 heavy (non-hydrogen) atoms. The number of carboxylic acid groups (broad SMARTS) is 1. The summed E-state index contributed by atoms with van der Waals surface area (Å²) < 4.78 is 32.8. The Morgan fingerprint density at radius 2 is 1.95 bits per heavy atom. The van der Waals surface area contributed by atoms with Crippen molar-refractivity contribution in [1.29, 1.82) is 0 Å². The van der Waals surface area contributed by atoms with E-state index in [0.717, 1.165) is 6.07 Å². The summed E-state index contributed by atoms with van der Waals surface area (Å²) in [6.45, 7) is -0.192. The van der Waals surface area contributed by atoms with Gasteiger partial charge in [-0.3, -0.25) is 0 Å². The number of rotatable bonds is 4. The predicted molar refractivity (Wildman–Crippen MR) is 71.8 cm³/mol. The zero-order valence-electron chi connectivity index (χ0n) is 10.1. The second-order valence-corrected chi connectivity index (χ2v) is 4.86. The van der Waals surface area contributed by atoms with Crippen molar-refractivity contribution in [3.8, 4) is 5.75 Å². The largest absolute Gasteiger partial charge is 0.488 e. The van der Waals surface area contributed by atoms with E-state index in [4.69, 9.17) is 9.84 Å². The molecule has 0 unspecified atom stereocenters. The molecule has 0 atom stereocenters. The molecule has 0 bridgehead atoms. The van der Waals surface area contributed by atoms with Gasteiger partial charge in [-0.05, 0) is 24.3 Å². The van der Waals surface area contributed by atoms with Crippen LogP contribution in [0.15, 0.2) is 40.9 Å². The predicted octanol–water partition coefficient (Wildman–Crippen LogP) is 4.00. The lowest BCUT2D eigenvalue weighted by atomic mass is 10.2. The zero-order chi connectivity index (χ0) is 14.7. The summed E-state index contributed by atoms with van der Waals surface area (Å²) in [7, 11) is 0. The molecule has 0 aromatic heterocycles. The second kappa shape index (κ2) is 6.00. The molecular formula is C14H9BrF2O3. The smallest absolute Gasteiger partial charge is 0.342 e. The molecule has 0 heterocycles. The van der Waals surface area contributed by atoms with Crippen LogP contribution < -0.4 is 4.74 Å². The first-order valence-electron chi connectivity index (χ1n) is 5.57. The van der Waals surface area contributed by atoms with Crippen molar-refractivity contribution in [2.75, 3.05) is 0 Å². The van der Waals surface area contributed by atoms with Crippen molar-refractivity contribution in [1.82, 2.24) is 0 Å². The van der Waals surface area contributed by atoms with Gasteiger partial charge in [0.25, 0.3) is 0 Å². The summed E-state index contributed by atoms with van der Waals surface area (Å²) in [5, 5.41) is 8.93. The maximum absolute atomic E-state index is 13.6. The molecule has 0 spiro atoms. The normalized spacial score (nSPS) is 10.3. The molecule has 104 valence electrons. The number of carboxylic acids is 1. The highest BCUT2D eigenvalue weighted by Crippen LogP contribution is 2.23. The molecule has 0 fully saturated rings. The van der Waals surface area contributed by atoms with Crippen molar-refractivity contribution < 1.29 is 23.4 Å². The van der Waals surface area contributed by atoms with Crippen LogP contribution >= 0.6 is 15.9 Å². The number of ether oxygens (including phenoxy) is 1. The lowest BCUT2D eigenvalue weighted by molar-refractivity contribution is 0.0686. The Hall–Kier alpha value is -1.95. The van der Waals surface area contributed by atoms with Crippen molar-refractivity contribution in [3.63, 3.8) is 0 Å². The molecular weight excluding hydrogens is 334 g/mol. The summed E-state index contributed by atoms with van der Waals surface area (Å²) in [5.41, 5.74) is -0.321. The Bertz CT molecular complexity index is 659. The fourth-order valence-electron chi connectivity index (χ4n) is 1.63. The minimum atomic E-state index is -1.44. The van der Waals surface area contributed by atoms with Gasteiger partial charge in [0.15, 0.2) is 0 Å². The molecule has 2 aromatic carbocycles. The van der Waals surface area contributed by atoms with E-state index in [0.29, 0.717) is 4.47 Å². The summed E-state index contributed by atoms with van der Waals surface area (Å²) in [4.78, 5) is 11.0. The van der Waals surface area contributed by atoms with E-state index in [1.54, 1.807) is 6.07 Å². The quantitative estimate of drug-likeness (QED) is 0.913. The van der Waals surface area contributed by atoms with E-state index in [-0.39, 0.29) is 17.9 Å². The highest BCUT2D eigenvalue weighted by molar-refractivity contribution is 9.10. The first-order chi connectivity index (χ1) is 9.49. The van der Waals surface area contributed by atoms with Gasteiger partial charge in [0.05, 0.1) is 0 Å². The van der Waals surface area contributed by atoms with Crippen molar-refractivity contribution in [2.45, 2.75) is 6.61 Å². The summed E-state index contributed by atoms with van der Waals surface area (Å²) >= 11 is 3.12. The Labute approximate surface area is 121 Å². The van der Waals surface area contributed by atoms with Crippen LogP contribution in [0.1, 0.15) is 15.9 Å². The van der Waals surface area contributed by atoms with Gasteiger partial charge in [-0.15, -0.1) is 0 Å². The number of benzene rings is 2. The van der Waals surface area contributed by atoms with E-state index in [1.165, 1.54) is 24.3 Å². The first kappa shape index (κ1) is 14.5. The molecule has 0 aliphatic carbocycles. The highest BCUT2D eigenvalue weighted by atomic mass is 79.9. The fourth-order valence-corrected chi connectivity index (χ4v) is 1.96. The molecule has 0 radical (unpaired) electrons. The third-order valence-corrected chi connectivity index (χ3v) is 3.08. The third kappa shape index (κ3) is 3.14. The lowest BCUT2D eigenvalue weighted by Crippen LogP contribution is -2.06. The molecule has 0 aliphatic rings. The third-order valence-electron chi connectivity index (χ3n) is 2.59. The van der Waals surface area contributed by atoms with Crippen molar-refractivity contribution >= 4 is 21.9 Å². The van der Waals surface area contributed by atoms with Crippen LogP contribution in [0.3, 0.4) is 0 Å². The Balaban J connectivity index is 2.23. The maximum atomic E-state index is 13.6. The van der Waals surface area contributed by atoms with Crippen LogP contribution in [0.2, 0.25) is 0 Å². The second-order valence-electron chi connectivity index (χ2n) is 3.94. The fraction of sp³-hybridized carbons (Fsp3) is 0.0714. The summed E-state index contributed by atoms with van der Waals surface area (Å²) in [5.74, 6) is -2.96. The van der Waals surface area contributed by atoms with Crippen molar-refractivity contribution in [2.24, 2.45) is 0 Å². The maximum Gasteiger partial charge on any atom is 0.342 e. The van der Waals surface area contributed by atoms with Gasteiger partial charge in [-0.1, -0.05) is 28.1 Å². The average molecular weight is 343 g/mol. The van der Waals surface area contributed by atoms with Crippen LogP contribution in [0.4, 0.5) is 8.78 Å². The Morgan fingerprint density at radius 1 is 1.20 bits per heavy atom. The summed E-state index contributed by atoms with van der Waals surface area (Å²) in [6.07, 6.45) is 0. The van der Waals surface area contributed by atoms with Crippen LogP contribution in [-0.4, -0.2) is 11.1 Å². The lowest BCUT2D eigenvalue weighted by Gasteiger charge is -2.10. The minimum absolute atomic E-state index is 0.139. The number of hydrogen-bond acceptors (Lipinski definition) is 2. The zero-order valence-corrected chi connectivity index (χ0v) is 11.7. The Morgan fingerprint density at radius 3 is 2.60 bits per heavy atom. The van der Waals surface area contributed by atoms with Crippen LogP contribution in [-0.2, 0) is 6.61 Å². The number of hydrogen-bond donors (Lipinski definition) is 1. The highest BCUT2D eigenvalue weighted by Gasteiger charge is 2.17. The van der Waals surface area contributed by atoms with Crippen LogP contribution in [0.25, 0.3) is 0 Å². The van der Waals surface area contributed by atoms with E-state index in [9.17, 15) is 13.6 Å². The topological polar surface area (TPSA) is 46.5 Å². The van der Waals surface area contributed by atoms with Crippen molar-refractivity contribution in [3.05, 3.63) is 63.6 Å². The SMILES string of the molecule is O=C(O)c1c(F)cccc1OCc1ccc(Br)cc1F. The standard InChI is InChI=1S/C14H9BrF2O3/c15-9-5-4-8(11(17)6-9)7-20-12-3-1-2-10(16)13(12)14(18)19/h1-6H,7H2,(H,18,19). The van der Waals surface area contributed by atoms with Gasteiger partial charge in [-0.2, -0.15) is 0 Å². The Kier molecular flexibility index (Phi) is 4.34. The number of halogens is 3. The van der Waals surface area contributed by atoms with E-state index in [1.807, 2.05) is 0 Å². The van der Waals surface area contributed by atoms with Gasteiger partial charge in [0, 0.05) is 10.0 Å². The molecule has 6 heteroatoms. The first-order valence-corrected chi connectivity index (χ1v) is 6.37. The number of carbonyl (C=O) groups is 1. The molecule has 2 rings (SSSR count). The van der Waals surface area contributed by atoms with E-state index >= 15 is 0 Å². The van der Waals surface area contributed by atoms with Gasteiger partial charge < -0.3 is 9.84 Å². The van der Waals surface area contributed by atoms with Gasteiger partial charge >= 0.3 is 5.97 Å². The van der Waals surface area contributed by atoms with Gasteiger partial charge in [0.1, 0.15) is 29.6 Å². The molecule has 3 nitrogen and oxygen atoms in total. The molecule has 2 aromatic rings. The molecule has 0 saturated carbocycles. The molecule has 0 amide bonds. The van der Waals surface area contributed by atoms with Crippen LogP contribution in [0.5, 0.6) is 5.75 Å². The molecule has 1 N–H and O–H groups in total. The average Bonchev–Trinajstić information content (AvgIpc) is 2.37. The summed E-state index contributed by atoms with van der Waals surface area (Å²) in [6, 6.07) is 8.07. The minimum Gasteiger partial charge on any atom is -0.488 e. The van der Waals surface area contributed by atoms with E-state index in [2.05, 4.69) is 15.9 Å². The van der Waals surface area contributed by atoms with E-state index < -0.39 is 23.2 Å². The van der Waals surface area contributed by atoms with Gasteiger partial charge in [0.2, 0.25) is 0 Å². The molecule has 0 aliphatic heterocycles. The molecule has 0 saturated heterocycles.